The van der Waals surface area contributed by atoms with Crippen LogP contribution >= 0.6 is 0 Å². The van der Waals surface area contributed by atoms with E-state index in [4.69, 9.17) is 13.9 Å². The Kier molecular flexibility index (Phi) is 14.6. The standard InChI is InChI=1S/C32H61NO5Si/c1-12-13-14-15-16-17-18-19-20-21-22-26(38-39(10,11)31(5,6)7)23-24-28(34)27-25-36-32(8,9)33(27)29(35)37-30(2,3)4/h26-28,34H,12-22,25H2,1-11H3/t26-,27+,28+/m1/s1. The van der Waals surface area contributed by atoms with Crippen molar-refractivity contribution < 1.29 is 23.8 Å². The summed E-state index contributed by atoms with van der Waals surface area (Å²) in [6.45, 7) is 22.8. The molecule has 0 spiro atoms. The Balaban J connectivity index is 2.84. The summed E-state index contributed by atoms with van der Waals surface area (Å²) in [6.07, 6.45) is 11.9. The number of amides is 1. The molecule has 0 bridgehead atoms. The molecule has 1 amide bonds. The zero-order valence-corrected chi connectivity index (χ0v) is 28.2. The largest absolute Gasteiger partial charge is 0.444 e. The smallest absolute Gasteiger partial charge is 0.413 e. The van der Waals surface area contributed by atoms with Gasteiger partial charge in [0.25, 0.3) is 0 Å². The van der Waals surface area contributed by atoms with E-state index in [1.54, 1.807) is 0 Å². The maximum Gasteiger partial charge on any atom is 0.413 e. The molecule has 1 N–H and O–H groups in total. The minimum absolute atomic E-state index is 0.0696. The number of hydrogen-bond donors (Lipinski definition) is 1. The van der Waals surface area contributed by atoms with E-state index < -0.39 is 37.9 Å². The van der Waals surface area contributed by atoms with Crippen LogP contribution in [0.4, 0.5) is 4.79 Å². The molecule has 3 atom stereocenters. The summed E-state index contributed by atoms with van der Waals surface area (Å²) in [7, 11) is -2.04. The van der Waals surface area contributed by atoms with Crippen molar-refractivity contribution in [2.45, 2.75) is 181 Å². The predicted octanol–water partition coefficient (Wildman–Crippen LogP) is 8.42. The number of carbonyl (C=O) groups is 1. The second-order valence-corrected chi connectivity index (χ2v) is 19.0. The molecule has 0 aromatic heterocycles. The summed E-state index contributed by atoms with van der Waals surface area (Å²) in [5, 5.41) is 11.2. The van der Waals surface area contributed by atoms with E-state index in [0.29, 0.717) is 0 Å². The molecule has 0 radical (unpaired) electrons. The molecule has 1 aliphatic rings. The molecule has 0 aliphatic carbocycles. The first-order valence-corrected chi connectivity index (χ1v) is 18.4. The Morgan fingerprint density at radius 3 is 1.97 bits per heavy atom. The average Bonchev–Trinajstić information content (AvgIpc) is 3.11. The first kappa shape index (κ1) is 36.0. The molecule has 1 fully saturated rings. The third kappa shape index (κ3) is 13.0. The normalized spacial score (nSPS) is 19.4. The molecular formula is C32H61NO5Si. The molecule has 1 rings (SSSR count). The van der Waals surface area contributed by atoms with E-state index in [1.165, 1.54) is 62.7 Å². The number of aliphatic hydroxyl groups is 1. The predicted molar refractivity (Wildman–Crippen MR) is 164 cm³/mol. The molecular weight excluding hydrogens is 506 g/mol. The lowest BCUT2D eigenvalue weighted by Gasteiger charge is -2.38. The zero-order chi connectivity index (χ0) is 29.9. The van der Waals surface area contributed by atoms with Crippen molar-refractivity contribution in [1.29, 1.82) is 0 Å². The fraction of sp³-hybridized carbons (Fsp3) is 0.906. The molecule has 39 heavy (non-hydrogen) atoms. The van der Waals surface area contributed by atoms with E-state index in [-0.39, 0.29) is 17.7 Å². The number of rotatable bonds is 14. The van der Waals surface area contributed by atoms with E-state index in [0.717, 1.165) is 12.8 Å². The highest BCUT2D eigenvalue weighted by molar-refractivity contribution is 6.74. The molecule has 6 nitrogen and oxygen atoms in total. The van der Waals surface area contributed by atoms with Gasteiger partial charge in [0.15, 0.2) is 8.32 Å². The summed E-state index contributed by atoms with van der Waals surface area (Å²) in [6, 6.07) is -0.604. The van der Waals surface area contributed by atoms with Crippen LogP contribution in [0, 0.1) is 11.8 Å². The first-order valence-electron chi connectivity index (χ1n) is 15.4. The molecule has 1 saturated heterocycles. The molecule has 0 saturated carbocycles. The van der Waals surface area contributed by atoms with Gasteiger partial charge in [-0.25, -0.2) is 4.79 Å². The third-order valence-corrected chi connectivity index (χ3v) is 12.4. The van der Waals surface area contributed by atoms with Crippen LogP contribution in [0.3, 0.4) is 0 Å². The van der Waals surface area contributed by atoms with Gasteiger partial charge in [0.2, 0.25) is 0 Å². The number of ether oxygens (including phenoxy) is 2. The summed E-state index contributed by atoms with van der Waals surface area (Å²) in [4.78, 5) is 14.5. The van der Waals surface area contributed by atoms with Gasteiger partial charge in [0.1, 0.15) is 23.5 Å². The van der Waals surface area contributed by atoms with Crippen LogP contribution in [0.1, 0.15) is 133 Å². The highest BCUT2D eigenvalue weighted by Crippen LogP contribution is 2.38. The number of hydrogen-bond acceptors (Lipinski definition) is 5. The summed E-state index contributed by atoms with van der Waals surface area (Å²) in [5.74, 6) is 6.31. The van der Waals surface area contributed by atoms with Gasteiger partial charge >= 0.3 is 6.09 Å². The van der Waals surface area contributed by atoms with Crippen molar-refractivity contribution in [3.8, 4) is 11.8 Å². The van der Waals surface area contributed by atoms with Gasteiger partial charge in [-0.05, 0) is 65.6 Å². The lowest BCUT2D eigenvalue weighted by molar-refractivity contribution is -0.0658. The van der Waals surface area contributed by atoms with E-state index >= 15 is 0 Å². The lowest BCUT2D eigenvalue weighted by atomic mass is 10.0. The van der Waals surface area contributed by atoms with Crippen LogP contribution in [0.15, 0.2) is 0 Å². The second kappa shape index (κ2) is 15.8. The Hall–Kier alpha value is -1.07. The van der Waals surface area contributed by atoms with Crippen LogP contribution in [0.5, 0.6) is 0 Å². The molecule has 0 aromatic carbocycles. The topological polar surface area (TPSA) is 68.2 Å². The SMILES string of the molecule is CCCCCCCCCCCC[C@H](C#C[C@H](O)[C@@H]1COC(C)(C)N1C(=O)OC(C)(C)C)O[Si](C)(C)C(C)(C)C. The van der Waals surface area contributed by atoms with Gasteiger partial charge in [-0.1, -0.05) is 97.3 Å². The van der Waals surface area contributed by atoms with Gasteiger partial charge in [-0.15, -0.1) is 0 Å². The molecule has 228 valence electrons. The van der Waals surface area contributed by atoms with Crippen LogP contribution < -0.4 is 0 Å². The van der Waals surface area contributed by atoms with Gasteiger partial charge in [-0.3, -0.25) is 4.90 Å². The van der Waals surface area contributed by atoms with Crippen molar-refractivity contribution in [2.24, 2.45) is 0 Å². The van der Waals surface area contributed by atoms with Gasteiger partial charge < -0.3 is 19.0 Å². The lowest BCUT2D eigenvalue weighted by Crippen LogP contribution is -2.53. The highest BCUT2D eigenvalue weighted by atomic mass is 28.4. The number of nitrogens with zero attached hydrogens (tertiary/aromatic N) is 1. The van der Waals surface area contributed by atoms with Gasteiger partial charge in [0.05, 0.1) is 12.6 Å². The molecule has 0 unspecified atom stereocenters. The van der Waals surface area contributed by atoms with Crippen LogP contribution in [0.2, 0.25) is 18.1 Å². The molecule has 7 heteroatoms. The van der Waals surface area contributed by atoms with E-state index in [2.05, 4.69) is 52.6 Å². The van der Waals surface area contributed by atoms with Crippen molar-refractivity contribution in [3.63, 3.8) is 0 Å². The maximum absolute atomic E-state index is 13.0. The number of unbranched alkanes of at least 4 members (excludes halogenated alkanes) is 9. The van der Waals surface area contributed by atoms with E-state index in [1.807, 2.05) is 34.6 Å². The van der Waals surface area contributed by atoms with Crippen molar-refractivity contribution in [2.75, 3.05) is 6.61 Å². The summed E-state index contributed by atoms with van der Waals surface area (Å²) < 4.78 is 18.2. The third-order valence-electron chi connectivity index (χ3n) is 7.93. The fourth-order valence-corrected chi connectivity index (χ4v) is 5.76. The van der Waals surface area contributed by atoms with Crippen LogP contribution in [-0.2, 0) is 13.9 Å². The van der Waals surface area contributed by atoms with Crippen LogP contribution in [0.25, 0.3) is 0 Å². The second-order valence-electron chi connectivity index (χ2n) is 14.2. The van der Waals surface area contributed by atoms with Gasteiger partial charge in [0, 0.05) is 0 Å². The molecule has 1 aliphatic heterocycles. The van der Waals surface area contributed by atoms with E-state index in [9.17, 15) is 9.90 Å². The Labute approximate surface area is 242 Å². The molecule has 1 heterocycles. The zero-order valence-electron chi connectivity index (χ0n) is 27.2. The quantitative estimate of drug-likeness (QED) is 0.130. The highest BCUT2D eigenvalue weighted by Gasteiger charge is 2.48. The Morgan fingerprint density at radius 2 is 1.49 bits per heavy atom. The number of aliphatic hydroxyl groups excluding tert-OH is 1. The summed E-state index contributed by atoms with van der Waals surface area (Å²) >= 11 is 0. The molecule has 0 aromatic rings. The Bertz CT molecular complexity index is 787. The monoisotopic (exact) mass is 567 g/mol. The van der Waals surface area contributed by atoms with Crippen LogP contribution in [-0.4, -0.2) is 60.6 Å². The average molecular weight is 568 g/mol. The minimum atomic E-state index is -2.04. The van der Waals surface area contributed by atoms with Crippen molar-refractivity contribution in [1.82, 2.24) is 4.90 Å². The van der Waals surface area contributed by atoms with Gasteiger partial charge in [-0.2, -0.15) is 0 Å². The van der Waals surface area contributed by atoms with Crippen molar-refractivity contribution >= 4 is 14.4 Å². The number of carbonyl (C=O) groups excluding carboxylic acids is 1. The van der Waals surface area contributed by atoms with Crippen molar-refractivity contribution in [3.05, 3.63) is 0 Å². The summed E-state index contributed by atoms with van der Waals surface area (Å²) in [5.41, 5.74) is -1.53. The minimum Gasteiger partial charge on any atom is -0.444 e. The first-order chi connectivity index (χ1) is 17.9. The fourth-order valence-electron chi connectivity index (χ4n) is 4.52. The Morgan fingerprint density at radius 1 is 0.974 bits per heavy atom. The maximum atomic E-state index is 13.0.